The van der Waals surface area contributed by atoms with Gasteiger partial charge in [0.25, 0.3) is 0 Å². The van der Waals surface area contributed by atoms with Crippen molar-refractivity contribution in [2.75, 3.05) is 13.6 Å². The Hall–Kier alpha value is -2.10. The fourth-order valence-electron chi connectivity index (χ4n) is 2.27. The summed E-state index contributed by atoms with van der Waals surface area (Å²) in [6.07, 6.45) is 6.66. The lowest BCUT2D eigenvalue weighted by Crippen LogP contribution is -2.29. The summed E-state index contributed by atoms with van der Waals surface area (Å²) in [5, 5.41) is 4.32. The first-order valence-corrected chi connectivity index (χ1v) is 7.05. The molecule has 1 fully saturated rings. The minimum Gasteiger partial charge on any atom is -0.345 e. The fraction of sp³-hybridized carbons (Fsp3) is 0.375. The maximum Gasteiger partial charge on any atom is 0.226 e. The van der Waals surface area contributed by atoms with Gasteiger partial charge in [-0.3, -0.25) is 4.79 Å². The van der Waals surface area contributed by atoms with Crippen LogP contribution in [0.5, 0.6) is 0 Å². The van der Waals surface area contributed by atoms with E-state index in [1.807, 2.05) is 53.2 Å². The molecule has 0 spiro atoms. The third-order valence-electron chi connectivity index (χ3n) is 3.67. The van der Waals surface area contributed by atoms with Crippen LogP contribution in [-0.4, -0.2) is 34.2 Å². The van der Waals surface area contributed by atoms with E-state index < -0.39 is 0 Å². The molecule has 1 aliphatic rings. The zero-order chi connectivity index (χ0) is 13.9. The van der Waals surface area contributed by atoms with E-state index >= 15 is 0 Å². The molecule has 0 bridgehead atoms. The molecule has 4 heteroatoms. The van der Waals surface area contributed by atoms with Gasteiger partial charge >= 0.3 is 0 Å². The number of rotatable bonds is 5. The minimum absolute atomic E-state index is 0.171. The maximum atomic E-state index is 12.1. The van der Waals surface area contributed by atoms with Crippen LogP contribution in [0.4, 0.5) is 0 Å². The summed E-state index contributed by atoms with van der Waals surface area (Å²) < 4.78 is 1.81. The van der Waals surface area contributed by atoms with Gasteiger partial charge in [-0.15, -0.1) is 0 Å². The van der Waals surface area contributed by atoms with Gasteiger partial charge in [-0.05, 0) is 36.5 Å². The van der Waals surface area contributed by atoms with Crippen LogP contribution in [0.15, 0.2) is 42.7 Å². The number of hydrogen-bond acceptors (Lipinski definition) is 2. The molecule has 1 aromatic heterocycles. The third kappa shape index (κ3) is 3.07. The second kappa shape index (κ2) is 5.49. The number of carbonyl (C=O) groups excluding carboxylic acids is 1. The van der Waals surface area contributed by atoms with Crippen LogP contribution in [0.1, 0.15) is 18.4 Å². The maximum absolute atomic E-state index is 12.1. The summed E-state index contributed by atoms with van der Waals surface area (Å²) in [7, 11) is 1.89. The fourth-order valence-corrected chi connectivity index (χ4v) is 2.27. The van der Waals surface area contributed by atoms with Crippen molar-refractivity contribution in [3.8, 4) is 5.69 Å². The molecule has 0 N–H and O–H groups in total. The average Bonchev–Trinajstić information content (AvgIpc) is 3.16. The summed E-state index contributed by atoms with van der Waals surface area (Å²) >= 11 is 0. The van der Waals surface area contributed by atoms with Gasteiger partial charge < -0.3 is 4.90 Å². The van der Waals surface area contributed by atoms with Crippen molar-refractivity contribution in [2.24, 2.45) is 5.92 Å². The quantitative estimate of drug-likeness (QED) is 0.835. The van der Waals surface area contributed by atoms with Crippen LogP contribution in [0.2, 0.25) is 0 Å². The zero-order valence-corrected chi connectivity index (χ0v) is 11.7. The molecular formula is C16H19N3O. The van der Waals surface area contributed by atoms with Crippen LogP contribution in [0, 0.1) is 5.92 Å². The van der Waals surface area contributed by atoms with Crippen LogP contribution >= 0.6 is 0 Å². The normalized spacial score (nSPS) is 14.2. The monoisotopic (exact) mass is 269 g/mol. The Balaban J connectivity index is 1.63. The van der Waals surface area contributed by atoms with E-state index in [-0.39, 0.29) is 5.91 Å². The van der Waals surface area contributed by atoms with Crippen molar-refractivity contribution in [2.45, 2.75) is 19.3 Å². The summed E-state index contributed by atoms with van der Waals surface area (Å²) in [5.74, 6) is 0.903. The largest absolute Gasteiger partial charge is 0.345 e. The number of aromatic nitrogens is 2. The highest BCUT2D eigenvalue weighted by atomic mass is 16.2. The Bertz CT molecular complexity index is 587. The predicted octanol–water partition coefficient (Wildman–Crippen LogP) is 2.28. The molecule has 0 radical (unpaired) electrons. The molecular weight excluding hydrogens is 250 g/mol. The van der Waals surface area contributed by atoms with Crippen LogP contribution in [-0.2, 0) is 11.2 Å². The van der Waals surface area contributed by atoms with E-state index in [0.717, 1.165) is 23.7 Å². The first-order chi connectivity index (χ1) is 9.72. The summed E-state index contributed by atoms with van der Waals surface area (Å²) in [4.78, 5) is 14.0. The van der Waals surface area contributed by atoms with Gasteiger partial charge in [-0.2, -0.15) is 5.10 Å². The van der Waals surface area contributed by atoms with Gasteiger partial charge in [0.05, 0.1) is 18.3 Å². The van der Waals surface area contributed by atoms with Crippen molar-refractivity contribution >= 4 is 5.91 Å². The van der Waals surface area contributed by atoms with E-state index in [4.69, 9.17) is 0 Å². The molecule has 1 saturated carbocycles. The number of nitrogens with zero attached hydrogens (tertiary/aromatic N) is 3. The topological polar surface area (TPSA) is 38.1 Å². The number of hydrogen-bond donors (Lipinski definition) is 0. The minimum atomic E-state index is 0.171. The number of benzene rings is 1. The predicted molar refractivity (Wildman–Crippen MR) is 77.6 cm³/mol. The Labute approximate surface area is 119 Å². The van der Waals surface area contributed by atoms with E-state index in [2.05, 4.69) is 5.10 Å². The third-order valence-corrected chi connectivity index (χ3v) is 3.67. The summed E-state index contributed by atoms with van der Waals surface area (Å²) in [6, 6.07) is 9.93. The molecule has 0 atom stereocenters. The second-order valence-corrected chi connectivity index (χ2v) is 5.52. The van der Waals surface area contributed by atoms with E-state index in [9.17, 15) is 4.79 Å². The molecule has 4 nitrogen and oxygen atoms in total. The Morgan fingerprint density at radius 2 is 2.10 bits per heavy atom. The van der Waals surface area contributed by atoms with Crippen molar-refractivity contribution in [1.82, 2.24) is 14.7 Å². The molecule has 104 valence electrons. The molecule has 1 heterocycles. The lowest BCUT2D eigenvalue weighted by atomic mass is 10.2. The van der Waals surface area contributed by atoms with Crippen molar-refractivity contribution < 1.29 is 4.79 Å². The summed E-state index contributed by atoms with van der Waals surface area (Å²) in [6.45, 7) is 0.894. The molecule has 0 unspecified atom stereocenters. The van der Waals surface area contributed by atoms with E-state index in [1.54, 1.807) is 6.20 Å². The van der Waals surface area contributed by atoms with Crippen LogP contribution in [0.25, 0.3) is 5.69 Å². The highest BCUT2D eigenvalue weighted by Crippen LogP contribution is 2.29. The van der Waals surface area contributed by atoms with Crippen molar-refractivity contribution in [1.29, 1.82) is 0 Å². The molecule has 3 rings (SSSR count). The molecule has 1 amide bonds. The average molecular weight is 269 g/mol. The Kier molecular flexibility index (Phi) is 3.54. The number of carbonyl (C=O) groups is 1. The van der Waals surface area contributed by atoms with E-state index in [0.29, 0.717) is 6.42 Å². The number of para-hydroxylation sites is 1. The molecule has 1 aromatic carbocycles. The van der Waals surface area contributed by atoms with Gasteiger partial charge in [0, 0.05) is 19.8 Å². The zero-order valence-electron chi connectivity index (χ0n) is 11.7. The molecule has 2 aromatic rings. The standard InChI is InChI=1S/C16H19N3O/c1-18(11-13-7-8-13)16(20)9-14-10-17-19(12-14)15-5-3-2-4-6-15/h2-6,10,12-13H,7-9,11H2,1H3. The first-order valence-electron chi connectivity index (χ1n) is 7.05. The Morgan fingerprint density at radius 3 is 2.80 bits per heavy atom. The lowest BCUT2D eigenvalue weighted by molar-refractivity contribution is -0.129. The van der Waals surface area contributed by atoms with Crippen LogP contribution < -0.4 is 0 Å². The smallest absolute Gasteiger partial charge is 0.226 e. The highest BCUT2D eigenvalue weighted by molar-refractivity contribution is 5.78. The number of likely N-dealkylation sites (N-methyl/N-ethyl adjacent to an activating group) is 1. The molecule has 0 saturated heterocycles. The Morgan fingerprint density at radius 1 is 1.35 bits per heavy atom. The van der Waals surface area contributed by atoms with Gasteiger partial charge in [0.1, 0.15) is 0 Å². The van der Waals surface area contributed by atoms with Gasteiger partial charge in [0.15, 0.2) is 0 Å². The SMILES string of the molecule is CN(CC1CC1)C(=O)Cc1cnn(-c2ccccc2)c1. The van der Waals surface area contributed by atoms with Gasteiger partial charge in [-0.1, -0.05) is 18.2 Å². The summed E-state index contributed by atoms with van der Waals surface area (Å²) in [5.41, 5.74) is 1.97. The highest BCUT2D eigenvalue weighted by Gasteiger charge is 2.24. The number of amides is 1. The van der Waals surface area contributed by atoms with Crippen LogP contribution in [0.3, 0.4) is 0 Å². The molecule has 1 aliphatic carbocycles. The molecule has 0 aliphatic heterocycles. The van der Waals surface area contributed by atoms with Crippen molar-refractivity contribution in [3.05, 3.63) is 48.3 Å². The molecule has 20 heavy (non-hydrogen) atoms. The second-order valence-electron chi connectivity index (χ2n) is 5.52. The first kappa shape index (κ1) is 12.9. The lowest BCUT2D eigenvalue weighted by Gasteiger charge is -2.15. The van der Waals surface area contributed by atoms with Crippen molar-refractivity contribution in [3.63, 3.8) is 0 Å². The van der Waals surface area contributed by atoms with Gasteiger partial charge in [-0.25, -0.2) is 4.68 Å². The van der Waals surface area contributed by atoms with Gasteiger partial charge in [0.2, 0.25) is 5.91 Å². The van der Waals surface area contributed by atoms with E-state index in [1.165, 1.54) is 12.8 Å².